The lowest BCUT2D eigenvalue weighted by Crippen LogP contribution is -2.24. The van der Waals surface area contributed by atoms with Gasteiger partial charge in [-0.05, 0) is 43.5 Å². The molecule has 0 aliphatic rings. The van der Waals surface area contributed by atoms with E-state index in [4.69, 9.17) is 0 Å². The SMILES string of the molecule is Cc1cc2ccccc2n1-c1ccc(C(=O)NCCC(C)C)s1. The summed E-state index contributed by atoms with van der Waals surface area (Å²) in [7, 11) is 0. The van der Waals surface area contributed by atoms with E-state index in [9.17, 15) is 4.79 Å². The summed E-state index contributed by atoms with van der Waals surface area (Å²) in [4.78, 5) is 13.0. The number of thiophene rings is 1. The average Bonchev–Trinajstić information content (AvgIpc) is 3.09. The number of hydrogen-bond acceptors (Lipinski definition) is 2. The van der Waals surface area contributed by atoms with Gasteiger partial charge in [0.1, 0.15) is 5.00 Å². The molecule has 2 aromatic heterocycles. The van der Waals surface area contributed by atoms with Gasteiger partial charge in [0.05, 0.1) is 10.4 Å². The number of benzene rings is 1. The highest BCUT2D eigenvalue weighted by atomic mass is 32.1. The van der Waals surface area contributed by atoms with Crippen molar-refractivity contribution in [1.29, 1.82) is 0 Å². The van der Waals surface area contributed by atoms with Crippen molar-refractivity contribution >= 4 is 28.1 Å². The molecule has 0 unspecified atom stereocenters. The van der Waals surface area contributed by atoms with Crippen LogP contribution in [0.5, 0.6) is 0 Å². The first-order valence-electron chi connectivity index (χ1n) is 8.02. The third-order valence-corrected chi connectivity index (χ3v) is 5.01. The Morgan fingerprint density at radius 3 is 2.78 bits per heavy atom. The van der Waals surface area contributed by atoms with Gasteiger partial charge in [0, 0.05) is 17.6 Å². The minimum absolute atomic E-state index is 0.0241. The number of carbonyl (C=O) groups excluding carboxylic acids is 1. The molecule has 0 atom stereocenters. The van der Waals surface area contributed by atoms with Gasteiger partial charge in [-0.2, -0.15) is 0 Å². The summed E-state index contributed by atoms with van der Waals surface area (Å²) < 4.78 is 2.21. The number of para-hydroxylation sites is 1. The topological polar surface area (TPSA) is 34.0 Å². The van der Waals surface area contributed by atoms with Crippen LogP contribution in [0.1, 0.15) is 35.6 Å². The van der Waals surface area contributed by atoms with E-state index in [1.807, 2.05) is 24.3 Å². The first-order valence-corrected chi connectivity index (χ1v) is 8.83. The Hall–Kier alpha value is -2.07. The van der Waals surface area contributed by atoms with Gasteiger partial charge in [0.15, 0.2) is 0 Å². The van der Waals surface area contributed by atoms with Crippen LogP contribution in [0.2, 0.25) is 0 Å². The Morgan fingerprint density at radius 2 is 2.00 bits per heavy atom. The zero-order valence-corrected chi connectivity index (χ0v) is 14.6. The smallest absolute Gasteiger partial charge is 0.261 e. The van der Waals surface area contributed by atoms with E-state index in [1.165, 1.54) is 27.9 Å². The van der Waals surface area contributed by atoms with Crippen molar-refractivity contribution in [3.8, 4) is 5.00 Å². The fraction of sp³-hybridized carbons (Fsp3) is 0.316. The normalized spacial score (nSPS) is 11.3. The van der Waals surface area contributed by atoms with Gasteiger partial charge in [-0.1, -0.05) is 32.0 Å². The Bertz CT molecular complexity index is 829. The summed E-state index contributed by atoms with van der Waals surface area (Å²) in [6.07, 6.45) is 1.01. The molecule has 3 aromatic rings. The highest BCUT2D eigenvalue weighted by Gasteiger charge is 2.13. The van der Waals surface area contributed by atoms with E-state index < -0.39 is 0 Å². The minimum atomic E-state index is 0.0241. The number of amides is 1. The molecule has 120 valence electrons. The van der Waals surface area contributed by atoms with E-state index in [0.29, 0.717) is 5.92 Å². The van der Waals surface area contributed by atoms with E-state index in [-0.39, 0.29) is 5.91 Å². The molecule has 0 bridgehead atoms. The number of aromatic nitrogens is 1. The summed E-state index contributed by atoms with van der Waals surface area (Å²) in [6, 6.07) is 14.5. The van der Waals surface area contributed by atoms with Crippen molar-refractivity contribution in [2.24, 2.45) is 5.92 Å². The quantitative estimate of drug-likeness (QED) is 0.719. The molecule has 0 fully saturated rings. The molecule has 1 amide bonds. The molecule has 23 heavy (non-hydrogen) atoms. The van der Waals surface area contributed by atoms with E-state index in [0.717, 1.165) is 22.8 Å². The van der Waals surface area contributed by atoms with Crippen LogP contribution in [-0.2, 0) is 0 Å². The van der Waals surface area contributed by atoms with Crippen LogP contribution in [0.15, 0.2) is 42.5 Å². The Labute approximate surface area is 140 Å². The Kier molecular flexibility index (Phi) is 4.53. The van der Waals surface area contributed by atoms with Crippen molar-refractivity contribution in [3.63, 3.8) is 0 Å². The number of carbonyl (C=O) groups is 1. The maximum absolute atomic E-state index is 12.2. The Morgan fingerprint density at radius 1 is 1.22 bits per heavy atom. The number of aryl methyl sites for hydroxylation is 1. The molecule has 0 aliphatic heterocycles. The van der Waals surface area contributed by atoms with Crippen LogP contribution in [0.4, 0.5) is 0 Å². The zero-order valence-electron chi connectivity index (χ0n) is 13.8. The van der Waals surface area contributed by atoms with Crippen molar-refractivity contribution in [2.75, 3.05) is 6.54 Å². The molecular formula is C19H22N2OS. The molecule has 0 saturated heterocycles. The monoisotopic (exact) mass is 326 g/mol. The highest BCUT2D eigenvalue weighted by Crippen LogP contribution is 2.28. The molecule has 0 spiro atoms. The summed E-state index contributed by atoms with van der Waals surface area (Å²) in [6.45, 7) is 7.15. The van der Waals surface area contributed by atoms with Crippen LogP contribution < -0.4 is 5.32 Å². The zero-order chi connectivity index (χ0) is 16.4. The number of nitrogens with zero attached hydrogens (tertiary/aromatic N) is 1. The summed E-state index contributed by atoms with van der Waals surface area (Å²) >= 11 is 1.54. The number of rotatable bonds is 5. The number of fused-ring (bicyclic) bond motifs is 1. The fourth-order valence-corrected chi connectivity index (χ4v) is 3.71. The van der Waals surface area contributed by atoms with Gasteiger partial charge in [-0.15, -0.1) is 11.3 Å². The second-order valence-corrected chi connectivity index (χ2v) is 7.32. The standard InChI is InChI=1S/C19H22N2OS/c1-13(2)10-11-20-19(22)17-8-9-18(23-17)21-14(3)12-15-6-4-5-7-16(15)21/h4-9,12-13H,10-11H2,1-3H3,(H,20,22). The second-order valence-electron chi connectivity index (χ2n) is 6.26. The predicted octanol–water partition coefficient (Wildman–Crippen LogP) is 4.78. The van der Waals surface area contributed by atoms with Crippen LogP contribution in [0, 0.1) is 12.8 Å². The molecule has 0 radical (unpaired) electrons. The fourth-order valence-electron chi connectivity index (χ4n) is 2.72. The lowest BCUT2D eigenvalue weighted by molar-refractivity contribution is 0.0956. The number of nitrogens with one attached hydrogen (secondary N) is 1. The third kappa shape index (κ3) is 3.32. The molecular weight excluding hydrogens is 304 g/mol. The van der Waals surface area contributed by atoms with Gasteiger partial charge in [0.25, 0.3) is 5.91 Å². The van der Waals surface area contributed by atoms with Gasteiger partial charge in [0.2, 0.25) is 0 Å². The van der Waals surface area contributed by atoms with Gasteiger partial charge in [-0.3, -0.25) is 4.79 Å². The molecule has 0 saturated carbocycles. The van der Waals surface area contributed by atoms with Crippen molar-refractivity contribution in [2.45, 2.75) is 27.2 Å². The molecule has 0 aliphatic carbocycles. The molecule has 1 N–H and O–H groups in total. The van der Waals surface area contributed by atoms with Crippen LogP contribution in [0.25, 0.3) is 15.9 Å². The Balaban J connectivity index is 1.84. The van der Waals surface area contributed by atoms with E-state index >= 15 is 0 Å². The van der Waals surface area contributed by atoms with Crippen molar-refractivity contribution in [3.05, 3.63) is 53.0 Å². The van der Waals surface area contributed by atoms with Crippen LogP contribution in [-0.4, -0.2) is 17.0 Å². The maximum atomic E-state index is 12.2. The van der Waals surface area contributed by atoms with E-state index in [2.05, 4.69) is 48.9 Å². The summed E-state index contributed by atoms with van der Waals surface area (Å²) in [5.41, 5.74) is 2.36. The second kappa shape index (κ2) is 6.59. The molecule has 2 heterocycles. The lowest BCUT2D eigenvalue weighted by Gasteiger charge is -2.06. The van der Waals surface area contributed by atoms with Crippen LogP contribution in [0.3, 0.4) is 0 Å². The summed E-state index contributed by atoms with van der Waals surface area (Å²) in [5, 5.41) is 5.31. The van der Waals surface area contributed by atoms with Gasteiger partial charge in [-0.25, -0.2) is 0 Å². The molecule has 3 rings (SSSR count). The lowest BCUT2D eigenvalue weighted by atomic mass is 10.1. The van der Waals surface area contributed by atoms with Crippen molar-refractivity contribution in [1.82, 2.24) is 9.88 Å². The average molecular weight is 326 g/mol. The first kappa shape index (κ1) is 15.8. The van der Waals surface area contributed by atoms with Crippen LogP contribution >= 0.6 is 11.3 Å². The van der Waals surface area contributed by atoms with E-state index in [1.54, 1.807) is 0 Å². The minimum Gasteiger partial charge on any atom is -0.351 e. The largest absolute Gasteiger partial charge is 0.351 e. The molecule has 4 heteroatoms. The highest BCUT2D eigenvalue weighted by molar-refractivity contribution is 7.16. The third-order valence-electron chi connectivity index (χ3n) is 3.94. The van der Waals surface area contributed by atoms with Crippen molar-refractivity contribution < 1.29 is 4.79 Å². The first-order chi connectivity index (χ1) is 11.1. The molecule has 1 aromatic carbocycles. The number of hydrogen-bond donors (Lipinski definition) is 1. The maximum Gasteiger partial charge on any atom is 0.261 e. The van der Waals surface area contributed by atoms with Gasteiger partial charge >= 0.3 is 0 Å². The van der Waals surface area contributed by atoms with Gasteiger partial charge < -0.3 is 9.88 Å². The summed E-state index contributed by atoms with van der Waals surface area (Å²) in [5.74, 6) is 0.624. The predicted molar refractivity (Wildman–Crippen MR) is 97.7 cm³/mol. The molecule has 3 nitrogen and oxygen atoms in total.